The maximum Gasteiger partial charge on any atom is 0.124 e. The van der Waals surface area contributed by atoms with Crippen LogP contribution in [0.1, 0.15) is 34.6 Å². The van der Waals surface area contributed by atoms with Crippen LogP contribution in [0.4, 0.5) is 5.69 Å². The lowest BCUT2D eigenvalue weighted by Crippen LogP contribution is -2.22. The Hall–Kier alpha value is -3.85. The highest BCUT2D eigenvalue weighted by Gasteiger charge is 2.20. The zero-order valence-corrected chi connectivity index (χ0v) is 18.9. The molecular weight excluding hydrogens is 406 g/mol. The van der Waals surface area contributed by atoms with Gasteiger partial charge in [-0.2, -0.15) is 0 Å². The molecule has 0 bridgehead atoms. The standard InChI is InChI=1S/C30H29NO2/c1-33-30-21-27(17-18-29(30)28(19-20-32)26-15-9-4-10-16-26)31(22-24-11-5-2-6-12-24)23-25-13-7-3-8-14-25/h2-18,20-21,28H,19,22-23H2,1H3/t28-/m0/s1. The van der Waals surface area contributed by atoms with Crippen LogP contribution in [0.2, 0.25) is 0 Å². The normalized spacial score (nSPS) is 11.5. The number of hydrogen-bond acceptors (Lipinski definition) is 3. The molecule has 166 valence electrons. The highest BCUT2D eigenvalue weighted by atomic mass is 16.5. The second-order valence-electron chi connectivity index (χ2n) is 8.12. The number of hydrogen-bond donors (Lipinski definition) is 0. The van der Waals surface area contributed by atoms with Gasteiger partial charge in [-0.05, 0) is 22.8 Å². The lowest BCUT2D eigenvalue weighted by atomic mass is 9.88. The Morgan fingerprint density at radius 2 is 1.30 bits per heavy atom. The molecule has 3 heteroatoms. The summed E-state index contributed by atoms with van der Waals surface area (Å²) in [6, 6.07) is 37.5. The topological polar surface area (TPSA) is 29.5 Å². The zero-order valence-electron chi connectivity index (χ0n) is 18.9. The largest absolute Gasteiger partial charge is 0.496 e. The van der Waals surface area contributed by atoms with Crippen molar-refractivity contribution in [3.8, 4) is 5.75 Å². The molecule has 4 aromatic rings. The molecule has 0 aromatic heterocycles. The highest BCUT2D eigenvalue weighted by molar-refractivity contribution is 5.60. The number of rotatable bonds is 10. The Kier molecular flexibility index (Phi) is 7.55. The van der Waals surface area contributed by atoms with E-state index in [-0.39, 0.29) is 5.92 Å². The molecular formula is C30H29NO2. The van der Waals surface area contributed by atoms with Crippen molar-refractivity contribution in [3.63, 3.8) is 0 Å². The summed E-state index contributed by atoms with van der Waals surface area (Å²) >= 11 is 0. The molecule has 0 saturated heterocycles. The van der Waals surface area contributed by atoms with Crippen molar-refractivity contribution in [2.45, 2.75) is 25.4 Å². The molecule has 0 radical (unpaired) electrons. The van der Waals surface area contributed by atoms with E-state index in [2.05, 4.69) is 83.8 Å². The van der Waals surface area contributed by atoms with E-state index in [0.717, 1.165) is 41.9 Å². The first-order valence-electron chi connectivity index (χ1n) is 11.3. The number of nitrogens with zero attached hydrogens (tertiary/aromatic N) is 1. The first kappa shape index (κ1) is 22.3. The number of carbonyl (C=O) groups is 1. The molecule has 0 unspecified atom stereocenters. The Morgan fingerprint density at radius 1 is 0.758 bits per heavy atom. The lowest BCUT2D eigenvalue weighted by molar-refractivity contribution is -0.108. The fourth-order valence-corrected chi connectivity index (χ4v) is 4.25. The van der Waals surface area contributed by atoms with E-state index in [1.54, 1.807) is 7.11 Å². The van der Waals surface area contributed by atoms with Crippen molar-refractivity contribution in [3.05, 3.63) is 131 Å². The van der Waals surface area contributed by atoms with Crippen LogP contribution in [0, 0.1) is 0 Å². The predicted molar refractivity (Wildman–Crippen MR) is 135 cm³/mol. The second kappa shape index (κ2) is 11.1. The van der Waals surface area contributed by atoms with Crippen molar-refractivity contribution in [2.24, 2.45) is 0 Å². The smallest absolute Gasteiger partial charge is 0.124 e. The van der Waals surface area contributed by atoms with E-state index in [1.165, 1.54) is 11.1 Å². The van der Waals surface area contributed by atoms with E-state index in [1.807, 2.05) is 30.3 Å². The molecule has 0 aliphatic carbocycles. The van der Waals surface area contributed by atoms with E-state index in [9.17, 15) is 4.79 Å². The van der Waals surface area contributed by atoms with Gasteiger partial charge in [0, 0.05) is 42.7 Å². The molecule has 0 aliphatic rings. The molecule has 4 rings (SSSR count). The Bertz CT molecular complexity index is 1100. The van der Waals surface area contributed by atoms with Gasteiger partial charge in [-0.15, -0.1) is 0 Å². The van der Waals surface area contributed by atoms with Crippen LogP contribution in [0.15, 0.2) is 109 Å². The molecule has 1 atom stereocenters. The van der Waals surface area contributed by atoms with Crippen LogP contribution >= 0.6 is 0 Å². The monoisotopic (exact) mass is 435 g/mol. The van der Waals surface area contributed by atoms with Gasteiger partial charge in [0.15, 0.2) is 0 Å². The van der Waals surface area contributed by atoms with Crippen LogP contribution in [0.5, 0.6) is 5.75 Å². The van der Waals surface area contributed by atoms with Crippen LogP contribution in [-0.2, 0) is 17.9 Å². The molecule has 0 aliphatic heterocycles. The first-order chi connectivity index (χ1) is 16.3. The number of aldehydes is 1. The lowest BCUT2D eigenvalue weighted by Gasteiger charge is -2.27. The molecule has 0 N–H and O–H groups in total. The number of carbonyl (C=O) groups excluding carboxylic acids is 1. The summed E-state index contributed by atoms with van der Waals surface area (Å²) in [5, 5.41) is 0. The average Bonchev–Trinajstić information content (AvgIpc) is 2.88. The van der Waals surface area contributed by atoms with Gasteiger partial charge in [0.1, 0.15) is 12.0 Å². The van der Waals surface area contributed by atoms with Crippen LogP contribution in [-0.4, -0.2) is 13.4 Å². The van der Waals surface area contributed by atoms with Gasteiger partial charge >= 0.3 is 0 Å². The van der Waals surface area contributed by atoms with Gasteiger partial charge in [0.2, 0.25) is 0 Å². The maximum atomic E-state index is 11.5. The third-order valence-electron chi connectivity index (χ3n) is 5.92. The third-order valence-corrected chi connectivity index (χ3v) is 5.92. The van der Waals surface area contributed by atoms with Gasteiger partial charge in [0.05, 0.1) is 7.11 Å². The van der Waals surface area contributed by atoms with Gasteiger partial charge in [0.25, 0.3) is 0 Å². The Labute approximate surface area is 196 Å². The molecule has 0 amide bonds. The second-order valence-corrected chi connectivity index (χ2v) is 8.12. The molecule has 0 fully saturated rings. The van der Waals surface area contributed by atoms with Gasteiger partial charge < -0.3 is 14.4 Å². The molecule has 4 aromatic carbocycles. The van der Waals surface area contributed by atoms with Crippen molar-refractivity contribution in [1.82, 2.24) is 0 Å². The predicted octanol–water partition coefficient (Wildman–Crippen LogP) is 6.62. The van der Waals surface area contributed by atoms with Crippen molar-refractivity contribution in [1.29, 1.82) is 0 Å². The van der Waals surface area contributed by atoms with Crippen molar-refractivity contribution >= 4 is 12.0 Å². The number of benzene rings is 4. The number of ether oxygens (including phenoxy) is 1. The summed E-state index contributed by atoms with van der Waals surface area (Å²) in [7, 11) is 1.70. The minimum atomic E-state index is -0.0376. The third kappa shape index (κ3) is 5.69. The van der Waals surface area contributed by atoms with Gasteiger partial charge in [-0.3, -0.25) is 0 Å². The molecule has 3 nitrogen and oxygen atoms in total. The fourth-order valence-electron chi connectivity index (χ4n) is 4.25. The van der Waals surface area contributed by atoms with E-state index in [0.29, 0.717) is 6.42 Å². The van der Waals surface area contributed by atoms with Gasteiger partial charge in [-0.1, -0.05) is 97.1 Å². The SMILES string of the molecule is COc1cc(N(Cc2ccccc2)Cc2ccccc2)ccc1[C@@H](CC=O)c1ccccc1. The van der Waals surface area contributed by atoms with Crippen LogP contribution in [0.25, 0.3) is 0 Å². The highest BCUT2D eigenvalue weighted by Crippen LogP contribution is 2.37. The first-order valence-corrected chi connectivity index (χ1v) is 11.3. The molecule has 0 heterocycles. The van der Waals surface area contributed by atoms with E-state index in [4.69, 9.17) is 4.74 Å². The molecule has 0 spiro atoms. The summed E-state index contributed by atoms with van der Waals surface area (Å²) in [5.41, 5.74) is 5.72. The number of methoxy groups -OCH3 is 1. The fraction of sp³-hybridized carbons (Fsp3) is 0.167. The minimum Gasteiger partial charge on any atom is -0.496 e. The summed E-state index contributed by atoms with van der Waals surface area (Å²) in [6.45, 7) is 1.57. The summed E-state index contributed by atoms with van der Waals surface area (Å²) < 4.78 is 5.84. The minimum absolute atomic E-state index is 0.0376. The van der Waals surface area contributed by atoms with E-state index < -0.39 is 0 Å². The van der Waals surface area contributed by atoms with Crippen LogP contribution in [0.3, 0.4) is 0 Å². The van der Waals surface area contributed by atoms with Crippen molar-refractivity contribution < 1.29 is 9.53 Å². The van der Waals surface area contributed by atoms with Crippen molar-refractivity contribution in [2.75, 3.05) is 12.0 Å². The Morgan fingerprint density at radius 3 is 1.82 bits per heavy atom. The molecule has 0 saturated carbocycles. The summed E-state index contributed by atoms with van der Waals surface area (Å²) in [5.74, 6) is 0.763. The van der Waals surface area contributed by atoms with Crippen LogP contribution < -0.4 is 9.64 Å². The summed E-state index contributed by atoms with van der Waals surface area (Å²) in [6.07, 6.45) is 1.40. The maximum absolute atomic E-state index is 11.5. The number of anilines is 1. The summed E-state index contributed by atoms with van der Waals surface area (Å²) in [4.78, 5) is 13.8. The average molecular weight is 436 g/mol. The van der Waals surface area contributed by atoms with E-state index >= 15 is 0 Å². The molecule has 33 heavy (non-hydrogen) atoms. The quantitative estimate of drug-likeness (QED) is 0.262. The zero-order chi connectivity index (χ0) is 22.9. The Balaban J connectivity index is 1.70. The van der Waals surface area contributed by atoms with Gasteiger partial charge in [-0.25, -0.2) is 0 Å².